The average Bonchev–Trinajstić information content (AvgIpc) is 3.19. The van der Waals surface area contributed by atoms with Crippen molar-refractivity contribution in [3.05, 3.63) is 77.1 Å². The van der Waals surface area contributed by atoms with Gasteiger partial charge in [0.2, 0.25) is 0 Å². The predicted octanol–water partition coefficient (Wildman–Crippen LogP) is 5.09. The quantitative estimate of drug-likeness (QED) is 0.302. The second kappa shape index (κ2) is 9.75. The number of thiazole rings is 1. The summed E-state index contributed by atoms with van der Waals surface area (Å²) in [6.07, 6.45) is 3.57. The van der Waals surface area contributed by atoms with Crippen LogP contribution in [-0.2, 0) is 4.79 Å². The Kier molecular flexibility index (Phi) is 6.86. The van der Waals surface area contributed by atoms with Gasteiger partial charge >= 0.3 is 5.97 Å². The first-order chi connectivity index (χ1) is 14.0. The zero-order valence-electron chi connectivity index (χ0n) is 15.4. The maximum absolute atomic E-state index is 13.0. The Morgan fingerprint density at radius 1 is 1.10 bits per heavy atom. The van der Waals surface area contributed by atoms with Gasteiger partial charge in [-0.1, -0.05) is 0 Å². The fraction of sp³-hybridized carbons (Fsp3) is 0.136. The fourth-order valence-electron chi connectivity index (χ4n) is 2.47. The normalized spacial score (nSPS) is 10.9. The number of carboxylic acids is 1. The number of ketones is 1. The van der Waals surface area contributed by atoms with Gasteiger partial charge in [0.25, 0.3) is 0 Å². The molecule has 0 radical (unpaired) electrons. The van der Waals surface area contributed by atoms with Crippen LogP contribution >= 0.6 is 11.3 Å². The molecule has 0 unspecified atom stereocenters. The molecule has 29 heavy (non-hydrogen) atoms. The lowest BCUT2D eigenvalue weighted by Crippen LogP contribution is -2.02. The lowest BCUT2D eigenvalue weighted by Gasteiger charge is -2.05. The van der Waals surface area contributed by atoms with E-state index in [2.05, 4.69) is 4.98 Å². The van der Waals surface area contributed by atoms with E-state index in [4.69, 9.17) is 9.84 Å². The Morgan fingerprint density at radius 3 is 2.52 bits per heavy atom. The first-order valence-corrected chi connectivity index (χ1v) is 9.78. The molecular weight excluding hydrogens is 393 g/mol. The maximum Gasteiger partial charge on any atom is 0.303 e. The van der Waals surface area contributed by atoms with E-state index in [1.165, 1.54) is 29.5 Å². The van der Waals surface area contributed by atoms with Crippen molar-refractivity contribution in [3.8, 4) is 16.3 Å². The van der Waals surface area contributed by atoms with Gasteiger partial charge in [-0.2, -0.15) is 0 Å². The number of halogens is 1. The van der Waals surface area contributed by atoms with Crippen molar-refractivity contribution < 1.29 is 23.8 Å². The molecule has 0 aliphatic carbocycles. The molecule has 3 rings (SSSR count). The summed E-state index contributed by atoms with van der Waals surface area (Å²) in [5, 5.41) is 11.2. The van der Waals surface area contributed by atoms with Gasteiger partial charge in [0.05, 0.1) is 12.3 Å². The van der Waals surface area contributed by atoms with Crippen LogP contribution in [0.1, 0.15) is 28.9 Å². The number of nitrogens with zero attached hydrogens (tertiary/aromatic N) is 1. The first kappa shape index (κ1) is 20.4. The predicted molar refractivity (Wildman–Crippen MR) is 110 cm³/mol. The van der Waals surface area contributed by atoms with Crippen LogP contribution in [0.5, 0.6) is 5.75 Å². The van der Waals surface area contributed by atoms with Crippen molar-refractivity contribution >= 4 is 29.2 Å². The van der Waals surface area contributed by atoms with Crippen LogP contribution in [0.2, 0.25) is 0 Å². The summed E-state index contributed by atoms with van der Waals surface area (Å²) in [5.74, 6) is -0.739. The Hall–Kier alpha value is -3.32. The number of hydrogen-bond acceptors (Lipinski definition) is 5. The summed E-state index contributed by atoms with van der Waals surface area (Å²) in [5.41, 5.74) is 1.98. The van der Waals surface area contributed by atoms with Gasteiger partial charge in [0.1, 0.15) is 16.6 Å². The van der Waals surface area contributed by atoms with E-state index in [1.807, 2.05) is 5.38 Å². The molecule has 0 fully saturated rings. The molecule has 7 heteroatoms. The Morgan fingerprint density at radius 2 is 1.83 bits per heavy atom. The number of allylic oxidation sites excluding steroid dienone is 1. The minimum Gasteiger partial charge on any atom is -0.494 e. The van der Waals surface area contributed by atoms with Crippen LogP contribution in [0.4, 0.5) is 4.39 Å². The van der Waals surface area contributed by atoms with Gasteiger partial charge in [-0.05, 0) is 67.1 Å². The maximum atomic E-state index is 13.0. The highest BCUT2D eigenvalue weighted by molar-refractivity contribution is 7.13. The molecule has 0 amide bonds. The Bertz CT molecular complexity index is 1010. The van der Waals surface area contributed by atoms with Gasteiger partial charge in [-0.15, -0.1) is 11.3 Å². The molecule has 2 aromatic carbocycles. The number of carbonyl (C=O) groups excluding carboxylic acids is 1. The van der Waals surface area contributed by atoms with Crippen LogP contribution in [0, 0.1) is 5.82 Å². The molecular formula is C22H18FNO4S. The third kappa shape index (κ3) is 6.08. The van der Waals surface area contributed by atoms with Crippen molar-refractivity contribution in [2.24, 2.45) is 0 Å². The third-order valence-corrected chi connectivity index (χ3v) is 4.87. The van der Waals surface area contributed by atoms with E-state index in [1.54, 1.807) is 42.5 Å². The molecule has 1 heterocycles. The number of carbonyl (C=O) groups is 2. The number of ether oxygens (including phenoxy) is 1. The monoisotopic (exact) mass is 411 g/mol. The van der Waals surface area contributed by atoms with E-state index >= 15 is 0 Å². The SMILES string of the molecule is O=C(O)CCCOc1ccc(C(=O)C=Cc2csc(-c3ccc(F)cc3)n2)cc1. The summed E-state index contributed by atoms with van der Waals surface area (Å²) in [4.78, 5) is 27.2. The molecule has 0 aliphatic rings. The highest BCUT2D eigenvalue weighted by Crippen LogP contribution is 2.24. The average molecular weight is 411 g/mol. The summed E-state index contributed by atoms with van der Waals surface area (Å²) in [6, 6.07) is 12.8. The summed E-state index contributed by atoms with van der Waals surface area (Å²) in [6.45, 7) is 0.305. The molecule has 0 atom stereocenters. The number of aliphatic carboxylic acids is 1. The molecule has 1 N–H and O–H groups in total. The van der Waals surface area contributed by atoms with Gasteiger partial charge in [0, 0.05) is 22.9 Å². The minimum atomic E-state index is -0.855. The second-order valence-corrected chi connectivity index (χ2v) is 7.01. The van der Waals surface area contributed by atoms with E-state index in [-0.39, 0.29) is 18.0 Å². The molecule has 1 aromatic heterocycles. The van der Waals surface area contributed by atoms with Crippen molar-refractivity contribution in [2.75, 3.05) is 6.61 Å². The van der Waals surface area contributed by atoms with Crippen LogP contribution in [0.15, 0.2) is 60.0 Å². The molecule has 0 bridgehead atoms. The van der Waals surface area contributed by atoms with Crippen molar-refractivity contribution in [3.63, 3.8) is 0 Å². The largest absolute Gasteiger partial charge is 0.494 e. The summed E-state index contributed by atoms with van der Waals surface area (Å²) < 4.78 is 18.5. The zero-order valence-corrected chi connectivity index (χ0v) is 16.2. The number of hydrogen-bond donors (Lipinski definition) is 1. The zero-order chi connectivity index (χ0) is 20.6. The molecule has 148 valence electrons. The number of benzene rings is 2. The molecule has 0 aliphatic heterocycles. The van der Waals surface area contributed by atoms with Crippen LogP contribution < -0.4 is 4.74 Å². The highest BCUT2D eigenvalue weighted by atomic mass is 32.1. The van der Waals surface area contributed by atoms with Crippen LogP contribution in [0.3, 0.4) is 0 Å². The van der Waals surface area contributed by atoms with E-state index in [0.717, 1.165) is 10.6 Å². The molecule has 5 nitrogen and oxygen atoms in total. The highest BCUT2D eigenvalue weighted by Gasteiger charge is 2.06. The standard InChI is InChI=1S/C22H18FNO4S/c23-17-7-3-16(4-8-17)22-24-18(14-29-22)9-12-20(25)15-5-10-19(11-6-15)28-13-1-2-21(26)27/h3-12,14H,1-2,13H2,(H,26,27). The lowest BCUT2D eigenvalue weighted by atomic mass is 10.1. The van der Waals surface area contributed by atoms with Gasteiger partial charge in [-0.25, -0.2) is 9.37 Å². The van der Waals surface area contributed by atoms with Gasteiger partial charge in [0.15, 0.2) is 5.78 Å². The first-order valence-electron chi connectivity index (χ1n) is 8.90. The van der Waals surface area contributed by atoms with Gasteiger partial charge < -0.3 is 9.84 Å². The molecule has 0 saturated carbocycles. The second-order valence-electron chi connectivity index (χ2n) is 6.15. The molecule has 3 aromatic rings. The third-order valence-electron chi connectivity index (χ3n) is 3.96. The smallest absolute Gasteiger partial charge is 0.303 e. The fourth-order valence-corrected chi connectivity index (χ4v) is 3.27. The number of aromatic nitrogens is 1. The molecule has 0 spiro atoms. The topological polar surface area (TPSA) is 76.5 Å². The van der Waals surface area contributed by atoms with Crippen molar-refractivity contribution in [1.29, 1.82) is 0 Å². The van der Waals surface area contributed by atoms with E-state index in [9.17, 15) is 14.0 Å². The number of carboxylic acid groups (broad SMARTS) is 1. The van der Waals surface area contributed by atoms with Crippen LogP contribution in [0.25, 0.3) is 16.6 Å². The lowest BCUT2D eigenvalue weighted by molar-refractivity contribution is -0.137. The Balaban J connectivity index is 1.56. The van der Waals surface area contributed by atoms with Crippen molar-refractivity contribution in [2.45, 2.75) is 12.8 Å². The minimum absolute atomic E-state index is 0.0564. The molecule has 0 saturated heterocycles. The Labute approximate surface area is 171 Å². The van der Waals surface area contributed by atoms with Crippen molar-refractivity contribution in [1.82, 2.24) is 4.98 Å². The summed E-state index contributed by atoms with van der Waals surface area (Å²) >= 11 is 1.42. The number of rotatable bonds is 9. The van der Waals surface area contributed by atoms with E-state index < -0.39 is 5.97 Å². The summed E-state index contributed by atoms with van der Waals surface area (Å²) in [7, 11) is 0. The van der Waals surface area contributed by atoms with E-state index in [0.29, 0.717) is 30.0 Å². The van der Waals surface area contributed by atoms with Gasteiger partial charge in [-0.3, -0.25) is 9.59 Å². The van der Waals surface area contributed by atoms with Crippen LogP contribution in [-0.4, -0.2) is 28.4 Å².